The molecular weight excluding hydrogens is 311 g/mol. The first-order chi connectivity index (χ1) is 11.6. The topological polar surface area (TPSA) is 80.0 Å². The molecule has 0 spiro atoms. The van der Waals surface area contributed by atoms with Gasteiger partial charge in [0.05, 0.1) is 6.42 Å². The van der Waals surface area contributed by atoms with Crippen molar-refractivity contribution >= 4 is 17.4 Å². The number of hydrogen-bond acceptors (Lipinski definition) is 4. The van der Waals surface area contributed by atoms with Crippen molar-refractivity contribution < 1.29 is 13.7 Å². The minimum absolute atomic E-state index is 0.360. The van der Waals surface area contributed by atoms with Crippen LogP contribution in [0, 0.1) is 12.7 Å². The number of amides is 2. The van der Waals surface area contributed by atoms with Crippen LogP contribution < -0.4 is 10.6 Å². The summed E-state index contributed by atoms with van der Waals surface area (Å²) in [6.07, 6.45) is 0.411. The molecule has 1 heterocycles. The molecule has 0 aliphatic carbocycles. The fourth-order valence-corrected chi connectivity index (χ4v) is 2.19. The van der Waals surface area contributed by atoms with Crippen LogP contribution in [0.15, 0.2) is 53.1 Å². The number of urea groups is 1. The van der Waals surface area contributed by atoms with Gasteiger partial charge in [-0.3, -0.25) is 0 Å². The van der Waals surface area contributed by atoms with Gasteiger partial charge in [0.15, 0.2) is 5.82 Å². The quantitative estimate of drug-likeness (QED) is 0.765. The Labute approximate surface area is 137 Å². The number of benzene rings is 2. The van der Waals surface area contributed by atoms with E-state index in [0.29, 0.717) is 29.5 Å². The SMILES string of the molecule is Cc1noc(Cc2ccccc2NC(=O)Nc2ccc(F)cc2)n1. The Bertz CT molecular complexity index is 846. The summed E-state index contributed by atoms with van der Waals surface area (Å²) in [7, 11) is 0. The second-order valence-corrected chi connectivity index (χ2v) is 5.16. The van der Waals surface area contributed by atoms with Crippen molar-refractivity contribution in [1.82, 2.24) is 10.1 Å². The van der Waals surface area contributed by atoms with E-state index >= 15 is 0 Å². The van der Waals surface area contributed by atoms with Crippen LogP contribution in [-0.2, 0) is 6.42 Å². The zero-order valence-electron chi connectivity index (χ0n) is 12.9. The molecule has 2 amide bonds. The smallest absolute Gasteiger partial charge is 0.323 e. The monoisotopic (exact) mass is 326 g/mol. The average Bonchev–Trinajstić information content (AvgIpc) is 2.97. The lowest BCUT2D eigenvalue weighted by molar-refractivity contribution is 0.262. The van der Waals surface area contributed by atoms with E-state index in [1.807, 2.05) is 18.2 Å². The molecule has 6 nitrogen and oxygen atoms in total. The third-order valence-corrected chi connectivity index (χ3v) is 3.28. The fourth-order valence-electron chi connectivity index (χ4n) is 2.19. The molecule has 0 atom stereocenters. The Hall–Kier alpha value is -3.22. The Morgan fingerprint density at radius 3 is 2.58 bits per heavy atom. The molecule has 0 aliphatic rings. The molecule has 7 heteroatoms. The number of hydrogen-bond donors (Lipinski definition) is 2. The van der Waals surface area contributed by atoms with Crippen LogP contribution in [0.3, 0.4) is 0 Å². The van der Waals surface area contributed by atoms with Crippen LogP contribution in [0.1, 0.15) is 17.3 Å². The number of nitrogens with zero attached hydrogens (tertiary/aromatic N) is 2. The number of carbonyl (C=O) groups excluding carboxylic acids is 1. The van der Waals surface area contributed by atoms with E-state index in [4.69, 9.17) is 4.52 Å². The normalized spacial score (nSPS) is 10.4. The summed E-state index contributed by atoms with van der Waals surface area (Å²) in [6, 6.07) is 12.4. The summed E-state index contributed by atoms with van der Waals surface area (Å²) >= 11 is 0. The number of aromatic nitrogens is 2. The number of rotatable bonds is 4. The molecule has 0 saturated heterocycles. The van der Waals surface area contributed by atoms with Gasteiger partial charge >= 0.3 is 6.03 Å². The highest BCUT2D eigenvalue weighted by molar-refractivity contribution is 6.00. The Morgan fingerprint density at radius 2 is 1.88 bits per heavy atom. The summed E-state index contributed by atoms with van der Waals surface area (Å²) in [5.74, 6) is 0.673. The van der Waals surface area contributed by atoms with Gasteiger partial charge in [-0.25, -0.2) is 9.18 Å². The molecule has 2 N–H and O–H groups in total. The highest BCUT2D eigenvalue weighted by Gasteiger charge is 2.10. The summed E-state index contributed by atoms with van der Waals surface area (Å²) in [5.41, 5.74) is 1.97. The Balaban J connectivity index is 1.70. The molecule has 0 aliphatic heterocycles. The predicted octanol–water partition coefficient (Wildman–Crippen LogP) is 3.75. The summed E-state index contributed by atoms with van der Waals surface area (Å²) < 4.78 is 18.0. The summed E-state index contributed by atoms with van der Waals surface area (Å²) in [6.45, 7) is 1.74. The van der Waals surface area contributed by atoms with E-state index in [0.717, 1.165) is 5.56 Å². The zero-order valence-corrected chi connectivity index (χ0v) is 12.9. The molecule has 0 radical (unpaired) electrons. The van der Waals surface area contributed by atoms with Gasteiger partial charge in [0, 0.05) is 11.4 Å². The van der Waals surface area contributed by atoms with Gasteiger partial charge in [0.25, 0.3) is 0 Å². The minimum Gasteiger partial charge on any atom is -0.339 e. The molecule has 3 rings (SSSR count). The second-order valence-electron chi connectivity index (χ2n) is 5.16. The Kier molecular flexibility index (Phi) is 4.51. The molecular formula is C17H15FN4O2. The lowest BCUT2D eigenvalue weighted by atomic mass is 10.1. The van der Waals surface area contributed by atoms with Crippen molar-refractivity contribution in [1.29, 1.82) is 0 Å². The molecule has 0 fully saturated rings. The summed E-state index contributed by atoms with van der Waals surface area (Å²) in [4.78, 5) is 16.3. The van der Waals surface area contributed by atoms with E-state index in [-0.39, 0.29) is 5.82 Å². The van der Waals surface area contributed by atoms with Gasteiger partial charge in [-0.15, -0.1) is 0 Å². The molecule has 2 aromatic carbocycles. The zero-order chi connectivity index (χ0) is 16.9. The number of carbonyl (C=O) groups is 1. The van der Waals surface area contributed by atoms with Gasteiger partial charge in [0.2, 0.25) is 5.89 Å². The standard InChI is InChI=1S/C17H15FN4O2/c1-11-19-16(24-22-11)10-12-4-2-3-5-15(12)21-17(23)20-14-8-6-13(18)7-9-14/h2-9H,10H2,1H3,(H2,20,21,23). The van der Waals surface area contributed by atoms with Crippen molar-refractivity contribution in [3.8, 4) is 0 Å². The number of aryl methyl sites for hydroxylation is 1. The maximum atomic E-state index is 12.9. The molecule has 0 unspecified atom stereocenters. The van der Waals surface area contributed by atoms with Crippen LogP contribution in [0.2, 0.25) is 0 Å². The Morgan fingerprint density at radius 1 is 1.12 bits per heavy atom. The molecule has 24 heavy (non-hydrogen) atoms. The number of anilines is 2. The molecule has 122 valence electrons. The fraction of sp³-hybridized carbons (Fsp3) is 0.118. The average molecular weight is 326 g/mol. The molecule has 0 bridgehead atoms. The van der Waals surface area contributed by atoms with E-state index in [1.165, 1.54) is 24.3 Å². The van der Waals surface area contributed by atoms with Crippen LogP contribution in [-0.4, -0.2) is 16.2 Å². The molecule has 0 saturated carbocycles. The van der Waals surface area contributed by atoms with Gasteiger partial charge in [-0.1, -0.05) is 23.4 Å². The lowest BCUT2D eigenvalue weighted by Gasteiger charge is -2.11. The first-order valence-electron chi connectivity index (χ1n) is 7.31. The van der Waals surface area contributed by atoms with Crippen molar-refractivity contribution in [3.63, 3.8) is 0 Å². The van der Waals surface area contributed by atoms with E-state index < -0.39 is 6.03 Å². The highest BCUT2D eigenvalue weighted by atomic mass is 19.1. The number of para-hydroxylation sites is 1. The van der Waals surface area contributed by atoms with Crippen LogP contribution >= 0.6 is 0 Å². The minimum atomic E-state index is -0.421. The van der Waals surface area contributed by atoms with Crippen molar-refractivity contribution in [2.24, 2.45) is 0 Å². The van der Waals surface area contributed by atoms with Gasteiger partial charge in [-0.05, 0) is 42.8 Å². The predicted molar refractivity (Wildman–Crippen MR) is 87.3 cm³/mol. The maximum absolute atomic E-state index is 12.9. The highest BCUT2D eigenvalue weighted by Crippen LogP contribution is 2.19. The lowest BCUT2D eigenvalue weighted by Crippen LogP contribution is -2.20. The third kappa shape index (κ3) is 3.95. The van der Waals surface area contributed by atoms with Crippen molar-refractivity contribution in [2.45, 2.75) is 13.3 Å². The van der Waals surface area contributed by atoms with Crippen molar-refractivity contribution in [2.75, 3.05) is 10.6 Å². The number of nitrogens with one attached hydrogen (secondary N) is 2. The van der Waals surface area contributed by atoms with Crippen LogP contribution in [0.4, 0.5) is 20.6 Å². The van der Waals surface area contributed by atoms with Crippen LogP contribution in [0.5, 0.6) is 0 Å². The van der Waals surface area contributed by atoms with Gasteiger partial charge in [0.1, 0.15) is 5.82 Å². The third-order valence-electron chi connectivity index (χ3n) is 3.28. The van der Waals surface area contributed by atoms with Gasteiger partial charge < -0.3 is 15.2 Å². The first-order valence-corrected chi connectivity index (χ1v) is 7.31. The first kappa shape index (κ1) is 15.7. The van der Waals surface area contributed by atoms with E-state index in [2.05, 4.69) is 20.8 Å². The van der Waals surface area contributed by atoms with E-state index in [9.17, 15) is 9.18 Å². The molecule has 1 aromatic heterocycles. The number of halogens is 1. The van der Waals surface area contributed by atoms with E-state index in [1.54, 1.807) is 13.0 Å². The molecule has 3 aromatic rings. The largest absolute Gasteiger partial charge is 0.339 e. The summed E-state index contributed by atoms with van der Waals surface area (Å²) in [5, 5.41) is 9.16. The van der Waals surface area contributed by atoms with Crippen molar-refractivity contribution in [3.05, 3.63) is 71.6 Å². The second kappa shape index (κ2) is 6.91. The maximum Gasteiger partial charge on any atom is 0.323 e. The van der Waals surface area contributed by atoms with Crippen LogP contribution in [0.25, 0.3) is 0 Å². The van der Waals surface area contributed by atoms with Gasteiger partial charge in [-0.2, -0.15) is 4.98 Å².